The number of fused-ring (bicyclic) bond motifs is 2. The predicted octanol–water partition coefficient (Wildman–Crippen LogP) is 3.09. The van der Waals surface area contributed by atoms with Crippen molar-refractivity contribution in [1.82, 2.24) is 15.0 Å². The highest BCUT2D eigenvalue weighted by molar-refractivity contribution is 5.89. The predicted molar refractivity (Wildman–Crippen MR) is 106 cm³/mol. The van der Waals surface area contributed by atoms with Gasteiger partial charge in [0.2, 0.25) is 0 Å². The summed E-state index contributed by atoms with van der Waals surface area (Å²) in [6.45, 7) is 5.78. The Kier molecular flexibility index (Phi) is 4.50. The fourth-order valence-corrected chi connectivity index (χ4v) is 4.11. The van der Waals surface area contributed by atoms with Crippen LogP contribution in [-0.2, 0) is 17.7 Å². The van der Waals surface area contributed by atoms with Crippen molar-refractivity contribution < 1.29 is 13.5 Å². The number of aromatic nitrogens is 3. The maximum atomic E-state index is 13.9. The summed E-state index contributed by atoms with van der Waals surface area (Å²) >= 11 is 0. The highest BCUT2D eigenvalue weighted by Gasteiger charge is 2.24. The second-order valence-electron chi connectivity index (χ2n) is 7.58. The Hall–Kier alpha value is -2.87. The van der Waals surface area contributed by atoms with Crippen LogP contribution in [0.25, 0.3) is 10.9 Å². The first-order valence-corrected chi connectivity index (χ1v) is 9.77. The highest BCUT2D eigenvalue weighted by Crippen LogP contribution is 2.30. The van der Waals surface area contributed by atoms with E-state index in [1.165, 1.54) is 12.4 Å². The zero-order valence-corrected chi connectivity index (χ0v) is 16.1. The summed E-state index contributed by atoms with van der Waals surface area (Å²) in [5.41, 5.74) is 3.68. The van der Waals surface area contributed by atoms with Crippen LogP contribution in [0, 0.1) is 11.6 Å². The molecule has 150 valence electrons. The first-order chi connectivity index (χ1) is 14.1. The summed E-state index contributed by atoms with van der Waals surface area (Å²) in [5, 5.41) is 0.515. The minimum Gasteiger partial charge on any atom is -0.375 e. The third-order valence-corrected chi connectivity index (χ3v) is 5.59. The van der Waals surface area contributed by atoms with Crippen molar-refractivity contribution in [2.24, 2.45) is 0 Å². The summed E-state index contributed by atoms with van der Waals surface area (Å²) in [4.78, 5) is 17.5. The summed E-state index contributed by atoms with van der Waals surface area (Å²) in [6.07, 6.45) is 4.29. The smallest absolute Gasteiger partial charge is 0.161 e. The summed E-state index contributed by atoms with van der Waals surface area (Å²) < 4.78 is 33.1. The third-order valence-electron chi connectivity index (χ3n) is 5.59. The Morgan fingerprint density at radius 2 is 1.90 bits per heavy atom. The molecule has 1 atom stereocenters. The maximum absolute atomic E-state index is 13.9. The average Bonchev–Trinajstić information content (AvgIpc) is 2.73. The van der Waals surface area contributed by atoms with Gasteiger partial charge in [0.15, 0.2) is 11.6 Å². The van der Waals surface area contributed by atoms with E-state index in [0.717, 1.165) is 42.5 Å². The first-order valence-electron chi connectivity index (χ1n) is 9.77. The third kappa shape index (κ3) is 3.37. The van der Waals surface area contributed by atoms with E-state index >= 15 is 0 Å². The van der Waals surface area contributed by atoms with Crippen molar-refractivity contribution in [2.75, 3.05) is 36.0 Å². The molecule has 0 amide bonds. The van der Waals surface area contributed by atoms with Gasteiger partial charge in [-0.1, -0.05) is 0 Å². The van der Waals surface area contributed by atoms with E-state index in [4.69, 9.17) is 4.74 Å². The Bertz CT molecular complexity index is 1080. The molecule has 29 heavy (non-hydrogen) atoms. The maximum Gasteiger partial charge on any atom is 0.161 e. The van der Waals surface area contributed by atoms with E-state index in [-0.39, 0.29) is 6.10 Å². The highest BCUT2D eigenvalue weighted by atomic mass is 19.2. The van der Waals surface area contributed by atoms with Crippen molar-refractivity contribution in [2.45, 2.75) is 26.0 Å². The number of benzene rings is 1. The van der Waals surface area contributed by atoms with Gasteiger partial charge in [0.1, 0.15) is 12.1 Å². The van der Waals surface area contributed by atoms with Gasteiger partial charge < -0.3 is 14.5 Å². The molecule has 0 radical (unpaired) electrons. The summed E-state index contributed by atoms with van der Waals surface area (Å²) in [7, 11) is 0. The Balaban J connectivity index is 1.47. The molecular formula is C21H21F2N5O. The van der Waals surface area contributed by atoms with Crippen LogP contribution in [0.3, 0.4) is 0 Å². The fourth-order valence-electron chi connectivity index (χ4n) is 4.11. The van der Waals surface area contributed by atoms with E-state index in [1.54, 1.807) is 0 Å². The molecule has 2 aromatic heterocycles. The van der Waals surface area contributed by atoms with Crippen LogP contribution in [0.4, 0.5) is 20.3 Å². The molecule has 2 aliphatic heterocycles. The monoisotopic (exact) mass is 397 g/mol. The lowest BCUT2D eigenvalue weighted by Gasteiger charge is -2.34. The number of morpholine rings is 1. The van der Waals surface area contributed by atoms with Gasteiger partial charge in [-0.15, -0.1) is 0 Å². The molecule has 1 saturated heterocycles. The number of ether oxygens (including phenoxy) is 1. The zero-order chi connectivity index (χ0) is 20.0. The van der Waals surface area contributed by atoms with Gasteiger partial charge in [0.25, 0.3) is 0 Å². The van der Waals surface area contributed by atoms with Gasteiger partial charge in [-0.2, -0.15) is 0 Å². The molecule has 0 spiro atoms. The van der Waals surface area contributed by atoms with Crippen LogP contribution >= 0.6 is 0 Å². The van der Waals surface area contributed by atoms with E-state index < -0.39 is 11.6 Å². The number of halogens is 2. The number of pyridine rings is 1. The van der Waals surface area contributed by atoms with Gasteiger partial charge in [0, 0.05) is 49.7 Å². The number of rotatable bonds is 2. The number of nitrogens with zero attached hydrogens (tertiary/aromatic N) is 5. The lowest BCUT2D eigenvalue weighted by atomic mass is 10.0. The van der Waals surface area contributed by atoms with Gasteiger partial charge in [-0.3, -0.25) is 4.98 Å². The zero-order valence-electron chi connectivity index (χ0n) is 16.1. The average molecular weight is 397 g/mol. The SMILES string of the molecule is C[C@@H]1CN(c2cnc3c(c2)CN(c2ncnc4cc(F)c(F)cc24)CC3)CCO1. The van der Waals surface area contributed by atoms with Gasteiger partial charge in [0.05, 0.1) is 30.1 Å². The first kappa shape index (κ1) is 18.2. The van der Waals surface area contributed by atoms with Crippen molar-refractivity contribution in [3.8, 4) is 0 Å². The largest absolute Gasteiger partial charge is 0.375 e. The van der Waals surface area contributed by atoms with Gasteiger partial charge in [-0.05, 0) is 24.6 Å². The Morgan fingerprint density at radius 1 is 1.03 bits per heavy atom. The molecule has 2 aliphatic rings. The summed E-state index contributed by atoms with van der Waals surface area (Å²) in [5.74, 6) is -1.18. The van der Waals surface area contributed by atoms with Gasteiger partial charge >= 0.3 is 0 Å². The topological polar surface area (TPSA) is 54.4 Å². The normalized spacial score (nSPS) is 19.5. The number of hydrogen-bond donors (Lipinski definition) is 0. The molecular weight excluding hydrogens is 376 g/mol. The van der Waals surface area contributed by atoms with Gasteiger partial charge in [-0.25, -0.2) is 18.7 Å². The summed E-state index contributed by atoms with van der Waals surface area (Å²) in [6, 6.07) is 4.47. The van der Waals surface area contributed by atoms with Crippen molar-refractivity contribution in [1.29, 1.82) is 0 Å². The van der Waals surface area contributed by atoms with E-state index in [2.05, 4.69) is 37.7 Å². The molecule has 0 unspecified atom stereocenters. The second kappa shape index (κ2) is 7.18. The molecule has 1 fully saturated rings. The molecule has 1 aromatic carbocycles. The van der Waals surface area contributed by atoms with E-state index in [9.17, 15) is 8.78 Å². The van der Waals surface area contributed by atoms with Crippen LogP contribution in [0.15, 0.2) is 30.7 Å². The molecule has 8 heteroatoms. The molecule has 4 heterocycles. The minimum atomic E-state index is -0.903. The second-order valence-corrected chi connectivity index (χ2v) is 7.58. The van der Waals surface area contributed by atoms with Crippen molar-refractivity contribution in [3.05, 3.63) is 53.6 Å². The number of anilines is 2. The standard InChI is InChI=1S/C21H21F2N5O/c1-13-10-27(4-5-29-13)15-6-14-11-28(3-2-19(14)24-9-15)21-16-7-17(22)18(23)8-20(16)25-12-26-21/h6-9,12-13H,2-5,10-11H2,1H3/t13-/m1/s1. The molecule has 0 saturated carbocycles. The quantitative estimate of drug-likeness (QED) is 0.663. The molecule has 3 aromatic rings. The van der Waals surface area contributed by atoms with Crippen molar-refractivity contribution in [3.63, 3.8) is 0 Å². The molecule has 0 bridgehead atoms. The number of hydrogen-bond acceptors (Lipinski definition) is 6. The molecule has 6 nitrogen and oxygen atoms in total. The van der Waals surface area contributed by atoms with Crippen LogP contribution in [0.5, 0.6) is 0 Å². The van der Waals surface area contributed by atoms with Crippen LogP contribution in [-0.4, -0.2) is 47.3 Å². The lowest BCUT2D eigenvalue weighted by Crippen LogP contribution is -2.41. The Labute approximate surface area is 167 Å². The fraction of sp³-hybridized carbons (Fsp3) is 0.381. The van der Waals surface area contributed by atoms with Crippen molar-refractivity contribution >= 4 is 22.4 Å². The molecule has 0 aliphatic carbocycles. The molecule has 0 N–H and O–H groups in total. The van der Waals surface area contributed by atoms with Crippen LogP contribution in [0.2, 0.25) is 0 Å². The Morgan fingerprint density at radius 3 is 2.76 bits per heavy atom. The van der Waals surface area contributed by atoms with E-state index in [0.29, 0.717) is 36.4 Å². The molecule has 5 rings (SSSR count). The van der Waals surface area contributed by atoms with E-state index in [1.807, 2.05) is 6.20 Å². The minimum absolute atomic E-state index is 0.193. The van der Waals surface area contributed by atoms with Crippen LogP contribution in [0.1, 0.15) is 18.2 Å². The van der Waals surface area contributed by atoms with Crippen LogP contribution < -0.4 is 9.80 Å². The lowest BCUT2D eigenvalue weighted by molar-refractivity contribution is 0.0532.